The Morgan fingerprint density at radius 3 is 2.20 bits per heavy atom. The number of piperazine rings is 1. The molecule has 1 unspecified atom stereocenters. The lowest BCUT2D eigenvalue weighted by molar-refractivity contribution is -0.164. The Labute approximate surface area is 122 Å². The topological polar surface area (TPSA) is 53.6 Å². The molecule has 0 aromatic heterocycles. The van der Waals surface area contributed by atoms with Gasteiger partial charge in [0, 0.05) is 26.2 Å². The Morgan fingerprint density at radius 2 is 1.65 bits per heavy atom. The number of carbonyl (C=O) groups excluding carboxylic acids is 1. The summed E-state index contributed by atoms with van der Waals surface area (Å²) in [5, 5.41) is 6.73. The Bertz CT molecular complexity index is 298. The zero-order valence-electron chi connectivity index (χ0n) is 13.1. The second-order valence-electron chi connectivity index (χ2n) is 6.85. The molecular formula is C15H29N3O2. The van der Waals surface area contributed by atoms with Crippen molar-refractivity contribution >= 4 is 5.97 Å². The molecule has 2 fully saturated rings. The minimum absolute atomic E-state index is 0.0358. The van der Waals surface area contributed by atoms with Crippen molar-refractivity contribution in [1.82, 2.24) is 15.5 Å². The first-order valence-corrected chi connectivity index (χ1v) is 7.86. The van der Waals surface area contributed by atoms with Crippen LogP contribution >= 0.6 is 0 Å². The average molecular weight is 283 g/mol. The quantitative estimate of drug-likeness (QED) is 0.743. The zero-order chi connectivity index (χ0) is 14.6. The van der Waals surface area contributed by atoms with Crippen molar-refractivity contribution in [2.24, 2.45) is 5.92 Å². The number of esters is 1. The van der Waals surface area contributed by atoms with E-state index in [0.29, 0.717) is 5.92 Å². The van der Waals surface area contributed by atoms with E-state index in [4.69, 9.17) is 4.74 Å². The molecule has 0 bridgehead atoms. The van der Waals surface area contributed by atoms with E-state index in [1.54, 1.807) is 0 Å². The second kappa shape index (κ2) is 6.87. The van der Waals surface area contributed by atoms with Crippen molar-refractivity contribution in [2.75, 3.05) is 39.3 Å². The molecule has 2 saturated heterocycles. The van der Waals surface area contributed by atoms with E-state index >= 15 is 0 Å². The van der Waals surface area contributed by atoms with E-state index in [1.807, 2.05) is 20.8 Å². The highest BCUT2D eigenvalue weighted by molar-refractivity contribution is 5.76. The molecular weight excluding hydrogens is 254 g/mol. The molecule has 0 aromatic rings. The van der Waals surface area contributed by atoms with Crippen LogP contribution in [0.1, 0.15) is 33.6 Å². The van der Waals surface area contributed by atoms with Gasteiger partial charge < -0.3 is 15.4 Å². The number of nitrogens with one attached hydrogen (secondary N) is 2. The summed E-state index contributed by atoms with van der Waals surface area (Å²) in [5.74, 6) is 0.385. The van der Waals surface area contributed by atoms with Crippen LogP contribution in [0.3, 0.4) is 0 Å². The first kappa shape index (κ1) is 15.7. The SMILES string of the molecule is CC(C)(C)OC(=O)C(C1CCNCC1)N1CCNCC1. The molecule has 0 radical (unpaired) electrons. The Balaban J connectivity index is 2.07. The molecule has 0 spiro atoms. The van der Waals surface area contributed by atoms with Gasteiger partial charge in [0.2, 0.25) is 0 Å². The smallest absolute Gasteiger partial charge is 0.324 e. The molecule has 2 aliphatic rings. The van der Waals surface area contributed by atoms with Crippen molar-refractivity contribution < 1.29 is 9.53 Å². The van der Waals surface area contributed by atoms with Crippen molar-refractivity contribution in [3.63, 3.8) is 0 Å². The summed E-state index contributed by atoms with van der Waals surface area (Å²) in [4.78, 5) is 15.0. The number of nitrogens with zero attached hydrogens (tertiary/aromatic N) is 1. The van der Waals surface area contributed by atoms with Crippen molar-refractivity contribution in [2.45, 2.75) is 45.3 Å². The molecule has 116 valence electrons. The molecule has 1 atom stereocenters. The van der Waals surface area contributed by atoms with E-state index in [0.717, 1.165) is 52.1 Å². The van der Waals surface area contributed by atoms with Gasteiger partial charge in [0.25, 0.3) is 0 Å². The van der Waals surface area contributed by atoms with Gasteiger partial charge in [-0.25, -0.2) is 0 Å². The molecule has 0 saturated carbocycles. The number of carbonyl (C=O) groups is 1. The molecule has 2 rings (SSSR count). The van der Waals surface area contributed by atoms with Crippen LogP contribution in [-0.2, 0) is 9.53 Å². The van der Waals surface area contributed by atoms with Crippen LogP contribution in [0.25, 0.3) is 0 Å². The largest absolute Gasteiger partial charge is 0.459 e. The van der Waals surface area contributed by atoms with Gasteiger partial charge in [0.05, 0.1) is 0 Å². The van der Waals surface area contributed by atoms with Gasteiger partial charge in [-0.15, -0.1) is 0 Å². The minimum atomic E-state index is -0.406. The zero-order valence-corrected chi connectivity index (χ0v) is 13.1. The van der Waals surface area contributed by atoms with Crippen LogP contribution in [-0.4, -0.2) is 61.8 Å². The fourth-order valence-corrected chi connectivity index (χ4v) is 3.12. The molecule has 2 N–H and O–H groups in total. The lowest BCUT2D eigenvalue weighted by Gasteiger charge is -2.40. The number of ether oxygens (including phenoxy) is 1. The fourth-order valence-electron chi connectivity index (χ4n) is 3.12. The van der Waals surface area contributed by atoms with Crippen LogP contribution in [0.4, 0.5) is 0 Å². The molecule has 2 aliphatic heterocycles. The predicted octanol–water partition coefficient (Wildman–Crippen LogP) is 0.602. The van der Waals surface area contributed by atoms with Crippen molar-refractivity contribution in [3.05, 3.63) is 0 Å². The summed E-state index contributed by atoms with van der Waals surface area (Å²) in [6.45, 7) is 11.7. The lowest BCUT2D eigenvalue weighted by Crippen LogP contribution is -2.56. The monoisotopic (exact) mass is 283 g/mol. The fraction of sp³-hybridized carbons (Fsp3) is 0.933. The average Bonchev–Trinajstić information content (AvgIpc) is 2.39. The number of hydrogen-bond acceptors (Lipinski definition) is 5. The highest BCUT2D eigenvalue weighted by Gasteiger charge is 2.37. The first-order chi connectivity index (χ1) is 9.47. The maximum atomic E-state index is 12.7. The summed E-state index contributed by atoms with van der Waals surface area (Å²) in [6.07, 6.45) is 2.13. The minimum Gasteiger partial charge on any atom is -0.459 e. The standard InChI is InChI=1S/C15H29N3O2/c1-15(2,3)20-14(19)13(12-4-6-16-7-5-12)18-10-8-17-9-11-18/h12-13,16-17H,4-11H2,1-3H3. The highest BCUT2D eigenvalue weighted by Crippen LogP contribution is 2.24. The van der Waals surface area contributed by atoms with Gasteiger partial charge in [0.1, 0.15) is 11.6 Å². The van der Waals surface area contributed by atoms with Gasteiger partial charge in [-0.2, -0.15) is 0 Å². The molecule has 2 heterocycles. The highest BCUT2D eigenvalue weighted by atomic mass is 16.6. The summed E-state index contributed by atoms with van der Waals surface area (Å²) in [7, 11) is 0. The van der Waals surface area contributed by atoms with Crippen LogP contribution in [0.15, 0.2) is 0 Å². The molecule has 0 aromatic carbocycles. The predicted molar refractivity (Wildman–Crippen MR) is 79.7 cm³/mol. The normalized spacial score (nSPS) is 24.4. The first-order valence-electron chi connectivity index (χ1n) is 7.86. The summed E-state index contributed by atoms with van der Waals surface area (Å²) < 4.78 is 5.68. The molecule has 0 aliphatic carbocycles. The summed E-state index contributed by atoms with van der Waals surface area (Å²) >= 11 is 0. The second-order valence-corrected chi connectivity index (χ2v) is 6.85. The van der Waals surface area contributed by atoms with Crippen LogP contribution in [0.5, 0.6) is 0 Å². The molecule has 0 amide bonds. The van der Waals surface area contributed by atoms with Gasteiger partial charge in [0.15, 0.2) is 0 Å². The van der Waals surface area contributed by atoms with Gasteiger partial charge >= 0.3 is 5.97 Å². The van der Waals surface area contributed by atoms with E-state index in [2.05, 4.69) is 15.5 Å². The van der Waals surface area contributed by atoms with E-state index < -0.39 is 5.60 Å². The molecule has 5 heteroatoms. The Morgan fingerprint density at radius 1 is 1.10 bits per heavy atom. The van der Waals surface area contributed by atoms with Crippen LogP contribution < -0.4 is 10.6 Å². The Hall–Kier alpha value is -0.650. The number of rotatable bonds is 3. The Kier molecular flexibility index (Phi) is 5.41. The lowest BCUT2D eigenvalue weighted by atomic mass is 9.88. The summed E-state index contributed by atoms with van der Waals surface area (Å²) in [6, 6.07) is -0.0709. The van der Waals surface area contributed by atoms with Crippen molar-refractivity contribution in [3.8, 4) is 0 Å². The third-order valence-corrected chi connectivity index (χ3v) is 4.02. The van der Waals surface area contributed by atoms with Crippen molar-refractivity contribution in [1.29, 1.82) is 0 Å². The molecule has 5 nitrogen and oxygen atoms in total. The van der Waals surface area contributed by atoms with E-state index in [1.165, 1.54) is 0 Å². The number of hydrogen-bond donors (Lipinski definition) is 2. The maximum absolute atomic E-state index is 12.7. The summed E-state index contributed by atoms with van der Waals surface area (Å²) in [5.41, 5.74) is -0.406. The third-order valence-electron chi connectivity index (χ3n) is 4.02. The number of piperidine rings is 1. The van der Waals surface area contributed by atoms with E-state index in [-0.39, 0.29) is 12.0 Å². The van der Waals surface area contributed by atoms with Gasteiger partial charge in [-0.1, -0.05) is 0 Å². The molecule has 20 heavy (non-hydrogen) atoms. The van der Waals surface area contributed by atoms with Crippen LogP contribution in [0, 0.1) is 5.92 Å². The van der Waals surface area contributed by atoms with E-state index in [9.17, 15) is 4.79 Å². The van der Waals surface area contributed by atoms with Gasteiger partial charge in [-0.05, 0) is 52.6 Å². The van der Waals surface area contributed by atoms with Crippen LogP contribution in [0.2, 0.25) is 0 Å². The maximum Gasteiger partial charge on any atom is 0.324 e. The third kappa shape index (κ3) is 4.43. The van der Waals surface area contributed by atoms with Gasteiger partial charge in [-0.3, -0.25) is 9.69 Å².